The topological polar surface area (TPSA) is 208 Å². The van der Waals surface area contributed by atoms with Crippen LogP contribution in [0.5, 0.6) is 0 Å². The molecule has 0 radical (unpaired) electrons. The molecule has 1 aromatic rings. The monoisotopic (exact) mass is 467 g/mol. The minimum Gasteiger partial charge on any atom is -0.382 e. The first-order valence-corrected chi connectivity index (χ1v) is 11.2. The van der Waals surface area contributed by atoms with Crippen LogP contribution < -0.4 is 33.2 Å². The maximum atomic E-state index is 12.2. The van der Waals surface area contributed by atoms with Crippen molar-refractivity contribution in [1.82, 2.24) is 30.8 Å². The Morgan fingerprint density at radius 1 is 1.06 bits per heavy atom. The first-order chi connectivity index (χ1) is 15.3. The van der Waals surface area contributed by atoms with E-state index in [0.29, 0.717) is 6.54 Å². The van der Waals surface area contributed by atoms with Crippen LogP contribution in [-0.2, 0) is 0 Å². The van der Waals surface area contributed by atoms with E-state index >= 15 is 0 Å². The molecule has 2 rings (SSSR count). The quantitative estimate of drug-likeness (QED) is 0.135. The minimum absolute atomic E-state index is 0.0291. The van der Waals surface area contributed by atoms with Crippen LogP contribution >= 0.6 is 11.6 Å². The molecule has 1 fully saturated rings. The summed E-state index contributed by atoms with van der Waals surface area (Å²) in [5.74, 6) is -0.230. The van der Waals surface area contributed by atoms with Gasteiger partial charge in [-0.3, -0.25) is 20.9 Å². The molecule has 0 unspecified atom stereocenters. The summed E-state index contributed by atoms with van der Waals surface area (Å²) in [6, 6.07) is 0. The minimum atomic E-state index is -0.668. The molecule has 13 heteroatoms. The Labute approximate surface area is 193 Å². The lowest BCUT2D eigenvalue weighted by atomic mass is 9.91. The highest BCUT2D eigenvalue weighted by Crippen LogP contribution is 2.22. The van der Waals surface area contributed by atoms with Crippen molar-refractivity contribution in [1.29, 1.82) is 10.8 Å². The van der Waals surface area contributed by atoms with Crippen LogP contribution in [0.2, 0.25) is 5.15 Å². The summed E-state index contributed by atoms with van der Waals surface area (Å²) in [4.78, 5) is 22.2. The van der Waals surface area contributed by atoms with Crippen LogP contribution in [0, 0.1) is 16.7 Å². The third-order valence-electron chi connectivity index (χ3n) is 5.37. The molecule has 0 saturated carbocycles. The van der Waals surface area contributed by atoms with E-state index in [4.69, 9.17) is 39.6 Å². The number of hydrogen-bond acceptors (Lipinski definition) is 8. The summed E-state index contributed by atoms with van der Waals surface area (Å²) in [6.45, 7) is 4.59. The lowest BCUT2D eigenvalue weighted by molar-refractivity contribution is 0.0971. The van der Waals surface area contributed by atoms with Crippen molar-refractivity contribution in [2.75, 3.05) is 44.2 Å². The van der Waals surface area contributed by atoms with Crippen LogP contribution in [0.4, 0.5) is 11.6 Å². The van der Waals surface area contributed by atoms with Crippen LogP contribution in [-0.4, -0.2) is 65.4 Å². The number of nitrogens with two attached hydrogens (primary N) is 3. The SMILES string of the molecule is N=C(N)NCCCN1CCC(CCCCNC(=N)NC(=O)c2nc(Cl)c(N)nc2N)CC1. The number of nitrogen functional groups attached to an aromatic ring is 2. The Balaban J connectivity index is 1.55. The summed E-state index contributed by atoms with van der Waals surface area (Å²) in [7, 11) is 0. The zero-order valence-electron chi connectivity index (χ0n) is 18.2. The van der Waals surface area contributed by atoms with Crippen LogP contribution in [0.15, 0.2) is 0 Å². The number of carbonyl (C=O) groups is 1. The number of rotatable bonds is 10. The van der Waals surface area contributed by atoms with E-state index in [0.717, 1.165) is 57.8 Å². The van der Waals surface area contributed by atoms with Crippen LogP contribution in [0.25, 0.3) is 0 Å². The Bertz CT molecular complexity index is 796. The van der Waals surface area contributed by atoms with Gasteiger partial charge in [-0.15, -0.1) is 0 Å². The average Bonchev–Trinajstić information content (AvgIpc) is 2.74. The van der Waals surface area contributed by atoms with Gasteiger partial charge in [-0.1, -0.05) is 24.4 Å². The molecule has 0 atom stereocenters. The van der Waals surface area contributed by atoms with E-state index < -0.39 is 5.91 Å². The van der Waals surface area contributed by atoms with Gasteiger partial charge in [0.05, 0.1) is 0 Å². The summed E-state index contributed by atoms with van der Waals surface area (Å²) in [5.41, 5.74) is 16.2. The summed E-state index contributed by atoms with van der Waals surface area (Å²) in [6.07, 6.45) is 6.52. The van der Waals surface area contributed by atoms with Crippen molar-refractivity contribution in [3.8, 4) is 0 Å². The first kappa shape index (κ1) is 25.4. The molecule has 0 bridgehead atoms. The molecule has 1 amide bonds. The van der Waals surface area contributed by atoms with Crippen molar-refractivity contribution < 1.29 is 4.79 Å². The number of carbonyl (C=O) groups excluding carboxylic acids is 1. The number of hydrogen-bond donors (Lipinski definition) is 8. The zero-order valence-corrected chi connectivity index (χ0v) is 19.0. The second-order valence-corrected chi connectivity index (χ2v) is 8.22. The van der Waals surface area contributed by atoms with E-state index in [9.17, 15) is 4.79 Å². The average molecular weight is 468 g/mol. The highest BCUT2D eigenvalue weighted by Gasteiger charge is 2.19. The van der Waals surface area contributed by atoms with E-state index in [-0.39, 0.29) is 34.4 Å². The van der Waals surface area contributed by atoms with Gasteiger partial charge in [0.1, 0.15) is 0 Å². The van der Waals surface area contributed by atoms with Gasteiger partial charge in [-0.2, -0.15) is 0 Å². The summed E-state index contributed by atoms with van der Waals surface area (Å²) < 4.78 is 0. The molecule has 0 aliphatic carbocycles. The molecule has 0 aromatic carbocycles. The Kier molecular flexibility index (Phi) is 10.2. The molecule has 32 heavy (non-hydrogen) atoms. The lowest BCUT2D eigenvalue weighted by Crippen LogP contribution is -2.41. The predicted molar refractivity (Wildman–Crippen MR) is 127 cm³/mol. The van der Waals surface area contributed by atoms with Crippen LogP contribution in [0.3, 0.4) is 0 Å². The molecular formula is C19H34ClN11O. The number of nitrogens with zero attached hydrogens (tertiary/aromatic N) is 3. The van der Waals surface area contributed by atoms with Crippen LogP contribution in [0.1, 0.15) is 49.0 Å². The summed E-state index contributed by atoms with van der Waals surface area (Å²) in [5, 5.41) is 23.0. The fourth-order valence-corrected chi connectivity index (χ4v) is 3.75. The molecule has 12 nitrogen and oxygen atoms in total. The molecule has 1 aliphatic rings. The van der Waals surface area contributed by atoms with Gasteiger partial charge in [0, 0.05) is 13.1 Å². The largest absolute Gasteiger partial charge is 0.382 e. The maximum absolute atomic E-state index is 12.2. The molecule has 11 N–H and O–H groups in total. The molecule has 178 valence electrons. The number of anilines is 2. The van der Waals surface area contributed by atoms with Gasteiger partial charge in [-0.25, -0.2) is 9.97 Å². The molecule has 1 aliphatic heterocycles. The van der Waals surface area contributed by atoms with Crippen molar-refractivity contribution in [3.05, 3.63) is 10.8 Å². The third kappa shape index (κ3) is 8.71. The summed E-state index contributed by atoms with van der Waals surface area (Å²) >= 11 is 5.78. The molecule has 1 saturated heterocycles. The second-order valence-electron chi connectivity index (χ2n) is 7.86. The molecule has 2 heterocycles. The Hall–Kier alpha value is -2.86. The van der Waals surface area contributed by atoms with Gasteiger partial charge >= 0.3 is 0 Å². The van der Waals surface area contributed by atoms with Gasteiger partial charge in [0.15, 0.2) is 34.4 Å². The van der Waals surface area contributed by atoms with Gasteiger partial charge in [0.25, 0.3) is 5.91 Å². The van der Waals surface area contributed by atoms with Gasteiger partial charge < -0.3 is 32.7 Å². The zero-order chi connectivity index (χ0) is 23.5. The standard InChI is InChI=1S/C19H34ClN11O/c20-14-16(22)29-15(21)13(28-14)17(32)30-19(25)27-7-2-1-4-12-5-10-31(11-6-12)9-3-8-26-18(23)24/h12H,1-11H2,(H4,21,22,29)(H4,23,24,26)(H3,25,27,30,32). The number of guanidine groups is 2. The number of halogens is 1. The number of aromatic nitrogens is 2. The number of amides is 1. The highest BCUT2D eigenvalue weighted by molar-refractivity contribution is 6.31. The smallest absolute Gasteiger partial charge is 0.280 e. The Morgan fingerprint density at radius 2 is 1.75 bits per heavy atom. The highest BCUT2D eigenvalue weighted by atomic mass is 35.5. The van der Waals surface area contributed by atoms with Crippen molar-refractivity contribution in [2.24, 2.45) is 11.7 Å². The van der Waals surface area contributed by atoms with E-state index in [1.54, 1.807) is 0 Å². The molecular weight excluding hydrogens is 434 g/mol. The van der Waals surface area contributed by atoms with Gasteiger partial charge in [-0.05, 0) is 51.2 Å². The first-order valence-electron chi connectivity index (χ1n) is 10.8. The van der Waals surface area contributed by atoms with Crippen molar-refractivity contribution in [2.45, 2.75) is 38.5 Å². The van der Waals surface area contributed by atoms with Crippen molar-refractivity contribution in [3.63, 3.8) is 0 Å². The number of unbranched alkanes of at least 4 members (excludes halogenated alkanes) is 1. The van der Waals surface area contributed by atoms with E-state index in [2.05, 4.69) is 30.8 Å². The third-order valence-corrected chi connectivity index (χ3v) is 5.65. The number of piperidine rings is 1. The van der Waals surface area contributed by atoms with E-state index in [1.165, 1.54) is 12.8 Å². The fourth-order valence-electron chi connectivity index (χ4n) is 3.62. The predicted octanol–water partition coefficient (Wildman–Crippen LogP) is 0.304. The normalized spacial score (nSPS) is 14.7. The number of nitrogens with one attached hydrogen (secondary N) is 5. The molecule has 0 spiro atoms. The fraction of sp³-hybridized carbons (Fsp3) is 0.632. The Morgan fingerprint density at radius 3 is 2.44 bits per heavy atom. The van der Waals surface area contributed by atoms with Crippen molar-refractivity contribution >= 4 is 41.1 Å². The van der Waals surface area contributed by atoms with E-state index in [1.807, 2.05) is 0 Å². The number of likely N-dealkylation sites (tertiary alicyclic amines) is 1. The molecule has 1 aromatic heterocycles. The lowest BCUT2D eigenvalue weighted by Gasteiger charge is -2.32. The second kappa shape index (κ2) is 12.9. The van der Waals surface area contributed by atoms with Gasteiger partial charge in [0.2, 0.25) is 0 Å². The maximum Gasteiger partial charge on any atom is 0.280 e.